The lowest BCUT2D eigenvalue weighted by atomic mass is 10.1. The van der Waals surface area contributed by atoms with E-state index in [1.165, 1.54) is 11.0 Å². The topological polar surface area (TPSA) is 57.6 Å². The van der Waals surface area contributed by atoms with Crippen LogP contribution < -0.4 is 4.90 Å². The van der Waals surface area contributed by atoms with Gasteiger partial charge in [-0.3, -0.25) is 4.79 Å². The van der Waals surface area contributed by atoms with Gasteiger partial charge < -0.3 is 10.0 Å². The predicted molar refractivity (Wildman–Crippen MR) is 82.0 cm³/mol. The van der Waals surface area contributed by atoms with Crippen molar-refractivity contribution in [3.8, 4) is 0 Å². The first kappa shape index (κ1) is 15.1. The molecule has 2 aromatic carbocycles. The van der Waals surface area contributed by atoms with Crippen LogP contribution in [-0.4, -0.2) is 24.0 Å². The maximum atomic E-state index is 12.3. The van der Waals surface area contributed by atoms with Gasteiger partial charge in [-0.15, -0.1) is 0 Å². The highest BCUT2D eigenvalue weighted by molar-refractivity contribution is 6.31. The summed E-state index contributed by atoms with van der Waals surface area (Å²) in [5, 5.41) is 9.69. The summed E-state index contributed by atoms with van der Waals surface area (Å²) in [6, 6.07) is 13.5. The van der Waals surface area contributed by atoms with Crippen LogP contribution in [0.5, 0.6) is 0 Å². The van der Waals surface area contributed by atoms with Crippen LogP contribution in [0.3, 0.4) is 0 Å². The molecule has 1 N–H and O–H groups in total. The van der Waals surface area contributed by atoms with Gasteiger partial charge in [0, 0.05) is 12.1 Å². The summed E-state index contributed by atoms with van der Waals surface area (Å²) in [6.45, 7) is 0. The van der Waals surface area contributed by atoms with Gasteiger partial charge in [-0.05, 0) is 23.8 Å². The van der Waals surface area contributed by atoms with Crippen molar-refractivity contribution in [1.82, 2.24) is 0 Å². The third-order valence-corrected chi connectivity index (χ3v) is 3.54. The predicted octanol–water partition coefficient (Wildman–Crippen LogP) is 3.24. The summed E-state index contributed by atoms with van der Waals surface area (Å²) in [5.41, 5.74) is 1.17. The first-order valence-electron chi connectivity index (χ1n) is 6.33. The second kappa shape index (κ2) is 6.41. The minimum Gasteiger partial charge on any atom is -0.478 e. The van der Waals surface area contributed by atoms with Gasteiger partial charge in [-0.1, -0.05) is 41.9 Å². The molecular weight excluding hydrogens is 290 g/mol. The number of benzene rings is 2. The molecule has 0 spiro atoms. The van der Waals surface area contributed by atoms with Gasteiger partial charge in [0.2, 0.25) is 5.91 Å². The van der Waals surface area contributed by atoms with E-state index in [-0.39, 0.29) is 17.9 Å². The fraction of sp³-hybridized carbons (Fsp3) is 0.125. The van der Waals surface area contributed by atoms with E-state index in [0.717, 1.165) is 0 Å². The number of amides is 1. The van der Waals surface area contributed by atoms with E-state index < -0.39 is 5.97 Å². The van der Waals surface area contributed by atoms with E-state index in [2.05, 4.69) is 0 Å². The van der Waals surface area contributed by atoms with Gasteiger partial charge in [0.25, 0.3) is 0 Å². The first-order chi connectivity index (χ1) is 10.0. The van der Waals surface area contributed by atoms with Crippen LogP contribution in [0.4, 0.5) is 5.69 Å². The van der Waals surface area contributed by atoms with Crippen molar-refractivity contribution < 1.29 is 14.7 Å². The van der Waals surface area contributed by atoms with Crippen molar-refractivity contribution in [2.24, 2.45) is 0 Å². The molecule has 2 aromatic rings. The maximum absolute atomic E-state index is 12.3. The number of anilines is 1. The number of para-hydroxylation sites is 1. The molecule has 0 radical (unpaired) electrons. The Morgan fingerprint density at radius 1 is 1.10 bits per heavy atom. The second-order valence-corrected chi connectivity index (χ2v) is 4.95. The van der Waals surface area contributed by atoms with Gasteiger partial charge in [0.15, 0.2) is 0 Å². The van der Waals surface area contributed by atoms with Crippen molar-refractivity contribution in [2.75, 3.05) is 11.9 Å². The zero-order chi connectivity index (χ0) is 15.4. The Morgan fingerprint density at radius 3 is 2.38 bits per heavy atom. The molecular formula is C16H14ClNO3. The molecule has 0 saturated carbocycles. The Hall–Kier alpha value is -2.33. The summed E-state index contributed by atoms with van der Waals surface area (Å²) in [4.78, 5) is 24.9. The molecule has 0 saturated heterocycles. The van der Waals surface area contributed by atoms with Crippen molar-refractivity contribution in [1.29, 1.82) is 0 Å². The number of carboxylic acid groups (broad SMARTS) is 1. The molecule has 1 amide bonds. The Bertz CT molecular complexity index is 685. The third-order valence-electron chi connectivity index (χ3n) is 3.17. The Labute approximate surface area is 127 Å². The lowest BCUT2D eigenvalue weighted by Gasteiger charge is -2.19. The first-order valence-corrected chi connectivity index (χ1v) is 6.71. The summed E-state index contributed by atoms with van der Waals surface area (Å²) < 4.78 is 0. The van der Waals surface area contributed by atoms with E-state index in [0.29, 0.717) is 16.3 Å². The molecule has 5 heteroatoms. The number of carbonyl (C=O) groups excluding carboxylic acids is 1. The lowest BCUT2D eigenvalue weighted by Crippen LogP contribution is -2.29. The van der Waals surface area contributed by atoms with Crippen molar-refractivity contribution in [2.45, 2.75) is 6.42 Å². The normalized spacial score (nSPS) is 10.2. The Balaban J connectivity index is 2.24. The summed E-state index contributed by atoms with van der Waals surface area (Å²) >= 11 is 6.04. The number of carboxylic acids is 1. The molecule has 0 aliphatic rings. The van der Waals surface area contributed by atoms with Crippen LogP contribution in [0.2, 0.25) is 5.02 Å². The van der Waals surface area contributed by atoms with Crippen molar-refractivity contribution in [3.63, 3.8) is 0 Å². The Morgan fingerprint density at radius 2 is 1.71 bits per heavy atom. The van der Waals surface area contributed by atoms with E-state index in [4.69, 9.17) is 11.6 Å². The zero-order valence-corrected chi connectivity index (χ0v) is 12.2. The molecule has 2 rings (SSSR count). The number of aromatic carboxylic acids is 1. The van der Waals surface area contributed by atoms with Crippen molar-refractivity contribution in [3.05, 3.63) is 64.7 Å². The summed E-state index contributed by atoms with van der Waals surface area (Å²) in [5.74, 6) is -1.29. The molecule has 21 heavy (non-hydrogen) atoms. The maximum Gasteiger partial charge on any atom is 0.337 e. The number of carbonyl (C=O) groups is 2. The average molecular weight is 304 g/mol. The van der Waals surface area contributed by atoms with Crippen LogP contribution in [0.25, 0.3) is 0 Å². The molecule has 0 heterocycles. The van der Waals surface area contributed by atoms with Gasteiger partial charge >= 0.3 is 5.97 Å². The van der Waals surface area contributed by atoms with E-state index >= 15 is 0 Å². The average Bonchev–Trinajstić information content (AvgIpc) is 2.48. The SMILES string of the molecule is CN(C(=O)Cc1ccccc1Cl)c1ccccc1C(=O)O. The van der Waals surface area contributed by atoms with Gasteiger partial charge in [-0.25, -0.2) is 4.79 Å². The van der Waals surface area contributed by atoms with Crippen LogP contribution in [0.1, 0.15) is 15.9 Å². The van der Waals surface area contributed by atoms with Gasteiger partial charge in [0.05, 0.1) is 17.7 Å². The highest BCUT2D eigenvalue weighted by Crippen LogP contribution is 2.21. The quantitative estimate of drug-likeness (QED) is 0.943. The number of nitrogens with zero attached hydrogens (tertiary/aromatic N) is 1. The minimum absolute atomic E-state index is 0.0903. The minimum atomic E-state index is -1.07. The lowest BCUT2D eigenvalue weighted by molar-refractivity contribution is -0.117. The van der Waals surface area contributed by atoms with Crippen LogP contribution in [-0.2, 0) is 11.2 Å². The standard InChI is InChI=1S/C16H14ClNO3/c1-18(14-9-5-3-7-12(14)16(20)21)15(19)10-11-6-2-4-8-13(11)17/h2-9H,10H2,1H3,(H,20,21). The molecule has 0 unspecified atom stereocenters. The molecule has 108 valence electrons. The summed E-state index contributed by atoms with van der Waals surface area (Å²) in [6.07, 6.45) is 0.115. The van der Waals surface area contributed by atoms with E-state index in [9.17, 15) is 14.7 Å². The number of likely N-dealkylation sites (N-methyl/N-ethyl adjacent to an activating group) is 1. The summed E-state index contributed by atoms with van der Waals surface area (Å²) in [7, 11) is 1.56. The van der Waals surface area contributed by atoms with Crippen LogP contribution in [0.15, 0.2) is 48.5 Å². The molecule has 0 aliphatic heterocycles. The highest BCUT2D eigenvalue weighted by atomic mass is 35.5. The number of hydrogen-bond donors (Lipinski definition) is 1. The fourth-order valence-corrected chi connectivity index (χ4v) is 2.21. The fourth-order valence-electron chi connectivity index (χ4n) is 2.00. The highest BCUT2D eigenvalue weighted by Gasteiger charge is 2.18. The van der Waals surface area contributed by atoms with Crippen LogP contribution >= 0.6 is 11.6 Å². The number of hydrogen-bond acceptors (Lipinski definition) is 2. The smallest absolute Gasteiger partial charge is 0.337 e. The van der Waals surface area contributed by atoms with Crippen LogP contribution in [0, 0.1) is 0 Å². The van der Waals surface area contributed by atoms with E-state index in [1.807, 2.05) is 0 Å². The monoisotopic (exact) mass is 303 g/mol. The van der Waals surface area contributed by atoms with Gasteiger partial charge in [0.1, 0.15) is 0 Å². The van der Waals surface area contributed by atoms with E-state index in [1.54, 1.807) is 49.5 Å². The second-order valence-electron chi connectivity index (χ2n) is 4.54. The molecule has 4 nitrogen and oxygen atoms in total. The molecule has 0 fully saturated rings. The molecule has 0 bridgehead atoms. The third kappa shape index (κ3) is 3.41. The number of rotatable bonds is 4. The number of halogens is 1. The van der Waals surface area contributed by atoms with Crippen molar-refractivity contribution >= 4 is 29.2 Å². The van der Waals surface area contributed by atoms with Gasteiger partial charge in [-0.2, -0.15) is 0 Å². The zero-order valence-electron chi connectivity index (χ0n) is 11.4. The Kier molecular flexibility index (Phi) is 4.60. The molecule has 0 atom stereocenters. The molecule has 0 aromatic heterocycles. The molecule has 0 aliphatic carbocycles. The largest absolute Gasteiger partial charge is 0.478 e.